The maximum absolute atomic E-state index is 11.9. The molecule has 1 aromatic rings. The van der Waals surface area contributed by atoms with E-state index in [9.17, 15) is 9.90 Å². The molecule has 0 bridgehead atoms. The number of hydrogen-bond donors (Lipinski definition) is 2. The Hall–Kier alpha value is -1.66. The lowest BCUT2D eigenvalue weighted by Crippen LogP contribution is -2.47. The van der Waals surface area contributed by atoms with Crippen molar-refractivity contribution in [1.29, 1.82) is 0 Å². The molecule has 0 spiro atoms. The number of nitrogens with zero attached hydrogens (tertiary/aromatic N) is 2. The molecule has 23 heavy (non-hydrogen) atoms. The third-order valence-electron chi connectivity index (χ3n) is 3.72. The highest BCUT2D eigenvalue weighted by Gasteiger charge is 2.34. The van der Waals surface area contributed by atoms with Crippen LogP contribution in [-0.2, 0) is 11.4 Å². The lowest BCUT2D eigenvalue weighted by atomic mass is 9.97. The van der Waals surface area contributed by atoms with Crippen LogP contribution in [0.15, 0.2) is 18.2 Å². The first-order valence-corrected chi connectivity index (χ1v) is 8.11. The van der Waals surface area contributed by atoms with Crippen LogP contribution in [0.5, 0.6) is 0 Å². The normalized spacial score (nSPS) is 12.9. The summed E-state index contributed by atoms with van der Waals surface area (Å²) in [5.74, 6) is 5.12. The summed E-state index contributed by atoms with van der Waals surface area (Å²) in [5, 5.41) is 9.72. The van der Waals surface area contributed by atoms with Gasteiger partial charge >= 0.3 is 6.09 Å². The Morgan fingerprint density at radius 1 is 1.39 bits per heavy atom. The minimum Gasteiger partial charge on any atom is -0.465 e. The number of hydrogen-bond acceptors (Lipinski definition) is 4. The van der Waals surface area contributed by atoms with Crippen LogP contribution in [-0.4, -0.2) is 26.6 Å². The summed E-state index contributed by atoms with van der Waals surface area (Å²) in [4.78, 5) is 22.5. The summed E-state index contributed by atoms with van der Waals surface area (Å²) in [5.41, 5.74) is 0.933. The molecule has 6 nitrogen and oxygen atoms in total. The molecule has 1 atom stereocenters. The van der Waals surface area contributed by atoms with Gasteiger partial charge in [-0.05, 0) is 39.3 Å². The summed E-state index contributed by atoms with van der Waals surface area (Å²) >= 11 is 0. The van der Waals surface area contributed by atoms with Crippen molar-refractivity contribution in [1.82, 2.24) is 9.88 Å². The number of amides is 1. The van der Waals surface area contributed by atoms with Crippen molar-refractivity contribution in [2.24, 2.45) is 5.90 Å². The molecule has 1 amide bonds. The van der Waals surface area contributed by atoms with Gasteiger partial charge in [-0.15, -0.1) is 0 Å². The Balaban J connectivity index is 3.17. The van der Waals surface area contributed by atoms with Crippen molar-refractivity contribution < 1.29 is 14.7 Å². The number of carbonyl (C=O) groups is 1. The summed E-state index contributed by atoms with van der Waals surface area (Å²) in [6.07, 6.45) is 2.93. The predicted molar refractivity (Wildman–Crippen MR) is 89.7 cm³/mol. The predicted octanol–water partition coefficient (Wildman–Crippen LogP) is 3.87. The SMILES string of the molecule is CCCCCC(c1cccc(CON)n1)N(C(=O)O)C(C)(C)C. The van der Waals surface area contributed by atoms with Gasteiger partial charge in [-0.3, -0.25) is 14.7 Å². The topological polar surface area (TPSA) is 88.7 Å². The van der Waals surface area contributed by atoms with Gasteiger partial charge in [-0.25, -0.2) is 10.7 Å². The smallest absolute Gasteiger partial charge is 0.408 e. The lowest BCUT2D eigenvalue weighted by Gasteiger charge is -2.39. The van der Waals surface area contributed by atoms with Gasteiger partial charge in [0.25, 0.3) is 0 Å². The minimum absolute atomic E-state index is 0.206. The summed E-state index contributed by atoms with van der Waals surface area (Å²) in [6, 6.07) is 5.28. The molecule has 1 aromatic heterocycles. The molecule has 1 heterocycles. The molecule has 1 unspecified atom stereocenters. The van der Waals surface area contributed by atoms with Gasteiger partial charge in [0.2, 0.25) is 0 Å². The molecule has 0 saturated heterocycles. The zero-order chi connectivity index (χ0) is 17.5. The number of pyridine rings is 1. The fourth-order valence-electron chi connectivity index (χ4n) is 2.73. The standard InChI is InChI=1S/C17H29N3O3/c1-5-6-7-11-15(20(16(21)22)17(2,3)4)14-10-8-9-13(19-14)12-23-18/h8-10,15H,5-7,11-12,18H2,1-4H3,(H,21,22). The fraction of sp³-hybridized carbons (Fsp3) is 0.647. The molecular formula is C17H29N3O3. The Morgan fingerprint density at radius 3 is 2.61 bits per heavy atom. The Kier molecular flexibility index (Phi) is 7.45. The van der Waals surface area contributed by atoms with Crippen LogP contribution in [0, 0.1) is 0 Å². The van der Waals surface area contributed by atoms with Crippen molar-refractivity contribution in [2.45, 2.75) is 71.6 Å². The van der Waals surface area contributed by atoms with E-state index in [2.05, 4.69) is 16.7 Å². The number of rotatable bonds is 8. The first kappa shape index (κ1) is 19.4. The minimum atomic E-state index is -0.929. The van der Waals surface area contributed by atoms with Gasteiger partial charge < -0.3 is 5.11 Å². The summed E-state index contributed by atoms with van der Waals surface area (Å²) < 4.78 is 0. The molecule has 0 fully saturated rings. The van der Waals surface area contributed by atoms with Crippen LogP contribution in [0.1, 0.15) is 70.8 Å². The van der Waals surface area contributed by atoms with E-state index in [0.29, 0.717) is 5.69 Å². The molecule has 0 aromatic carbocycles. The van der Waals surface area contributed by atoms with E-state index in [-0.39, 0.29) is 12.6 Å². The molecule has 0 aliphatic carbocycles. The average Bonchev–Trinajstić information content (AvgIpc) is 2.45. The number of aromatic nitrogens is 1. The van der Waals surface area contributed by atoms with Crippen LogP contribution in [0.25, 0.3) is 0 Å². The fourth-order valence-corrected chi connectivity index (χ4v) is 2.73. The van der Waals surface area contributed by atoms with Crippen LogP contribution in [0.3, 0.4) is 0 Å². The van der Waals surface area contributed by atoms with Crippen molar-refractivity contribution in [2.75, 3.05) is 0 Å². The summed E-state index contributed by atoms with van der Waals surface area (Å²) in [7, 11) is 0. The molecule has 0 aliphatic heterocycles. The van der Waals surface area contributed by atoms with E-state index < -0.39 is 11.6 Å². The third kappa shape index (κ3) is 5.80. The monoisotopic (exact) mass is 323 g/mol. The highest BCUT2D eigenvalue weighted by molar-refractivity contribution is 5.66. The molecular weight excluding hydrogens is 294 g/mol. The lowest BCUT2D eigenvalue weighted by molar-refractivity contribution is 0.0639. The van der Waals surface area contributed by atoms with E-state index in [0.717, 1.165) is 31.4 Å². The largest absolute Gasteiger partial charge is 0.465 e. The van der Waals surface area contributed by atoms with Gasteiger partial charge in [0, 0.05) is 5.54 Å². The molecule has 0 aliphatic rings. The van der Waals surface area contributed by atoms with Crippen LogP contribution in [0.4, 0.5) is 4.79 Å². The second-order valence-corrected chi connectivity index (χ2v) is 6.70. The highest BCUT2D eigenvalue weighted by atomic mass is 16.6. The van der Waals surface area contributed by atoms with Crippen LogP contribution in [0.2, 0.25) is 0 Å². The van der Waals surface area contributed by atoms with E-state index in [1.807, 2.05) is 39.0 Å². The van der Waals surface area contributed by atoms with Crippen LogP contribution < -0.4 is 5.90 Å². The molecule has 0 radical (unpaired) electrons. The molecule has 1 rings (SSSR count). The highest BCUT2D eigenvalue weighted by Crippen LogP contribution is 2.32. The second kappa shape index (κ2) is 8.84. The van der Waals surface area contributed by atoms with Gasteiger partial charge in [0.05, 0.1) is 17.4 Å². The van der Waals surface area contributed by atoms with Crippen molar-refractivity contribution in [3.63, 3.8) is 0 Å². The van der Waals surface area contributed by atoms with Gasteiger partial charge in [0.1, 0.15) is 6.61 Å². The van der Waals surface area contributed by atoms with E-state index in [1.165, 1.54) is 4.90 Å². The maximum Gasteiger partial charge on any atom is 0.408 e. The average molecular weight is 323 g/mol. The van der Waals surface area contributed by atoms with Gasteiger partial charge in [-0.1, -0.05) is 32.3 Å². The first-order valence-electron chi connectivity index (χ1n) is 8.11. The molecule has 130 valence electrons. The Morgan fingerprint density at radius 2 is 2.09 bits per heavy atom. The van der Waals surface area contributed by atoms with E-state index in [4.69, 9.17) is 5.90 Å². The van der Waals surface area contributed by atoms with Crippen molar-refractivity contribution >= 4 is 6.09 Å². The third-order valence-corrected chi connectivity index (χ3v) is 3.72. The zero-order valence-corrected chi connectivity index (χ0v) is 14.6. The molecule has 3 N–H and O–H groups in total. The van der Waals surface area contributed by atoms with E-state index >= 15 is 0 Å². The molecule has 0 saturated carbocycles. The van der Waals surface area contributed by atoms with Gasteiger partial charge in [-0.2, -0.15) is 0 Å². The van der Waals surface area contributed by atoms with Crippen LogP contribution >= 0.6 is 0 Å². The Labute approximate surface area is 138 Å². The number of nitrogens with two attached hydrogens (primary N) is 1. The quantitative estimate of drug-likeness (QED) is 0.560. The van der Waals surface area contributed by atoms with Crippen molar-refractivity contribution in [3.8, 4) is 0 Å². The zero-order valence-electron chi connectivity index (χ0n) is 14.6. The number of carboxylic acid groups (broad SMARTS) is 1. The Bertz CT molecular complexity index is 500. The maximum atomic E-state index is 11.9. The van der Waals surface area contributed by atoms with Crippen molar-refractivity contribution in [3.05, 3.63) is 29.6 Å². The van der Waals surface area contributed by atoms with Gasteiger partial charge in [0.15, 0.2) is 0 Å². The van der Waals surface area contributed by atoms with E-state index in [1.54, 1.807) is 0 Å². The number of unbranched alkanes of at least 4 members (excludes halogenated alkanes) is 2. The first-order chi connectivity index (χ1) is 10.8. The molecule has 6 heteroatoms. The second-order valence-electron chi connectivity index (χ2n) is 6.70. The summed E-state index contributed by atoms with van der Waals surface area (Å²) in [6.45, 7) is 8.05.